The number of amides is 2. The third-order valence-corrected chi connectivity index (χ3v) is 2.80. The predicted molar refractivity (Wildman–Crippen MR) is 77.2 cm³/mol. The van der Waals surface area contributed by atoms with Gasteiger partial charge in [-0.25, -0.2) is 0 Å². The molecule has 0 bridgehead atoms. The van der Waals surface area contributed by atoms with Crippen molar-refractivity contribution in [2.75, 3.05) is 11.9 Å². The molecule has 0 radical (unpaired) electrons. The van der Waals surface area contributed by atoms with Gasteiger partial charge in [0.2, 0.25) is 5.91 Å². The highest BCUT2D eigenvalue weighted by atomic mass is 16.2. The molecule has 4 heteroatoms. The summed E-state index contributed by atoms with van der Waals surface area (Å²) in [7, 11) is 0. The second-order valence-corrected chi connectivity index (χ2v) is 4.45. The van der Waals surface area contributed by atoms with Gasteiger partial charge in [0.25, 0.3) is 5.91 Å². The molecule has 0 heterocycles. The van der Waals surface area contributed by atoms with Gasteiger partial charge in [-0.1, -0.05) is 32.8 Å². The van der Waals surface area contributed by atoms with E-state index in [1.165, 1.54) is 0 Å². The van der Waals surface area contributed by atoms with E-state index in [2.05, 4.69) is 17.6 Å². The smallest absolute Gasteiger partial charge is 0.251 e. The second kappa shape index (κ2) is 8.29. The quantitative estimate of drug-likeness (QED) is 0.742. The molecule has 0 fully saturated rings. The summed E-state index contributed by atoms with van der Waals surface area (Å²) in [5.41, 5.74) is 1.23. The summed E-state index contributed by atoms with van der Waals surface area (Å²) < 4.78 is 0. The normalized spacial score (nSPS) is 10.0. The molecule has 2 N–H and O–H groups in total. The van der Waals surface area contributed by atoms with Crippen LogP contribution in [-0.4, -0.2) is 18.4 Å². The van der Waals surface area contributed by atoms with Crippen molar-refractivity contribution in [1.82, 2.24) is 5.32 Å². The highest BCUT2D eigenvalue weighted by molar-refractivity contribution is 5.97. The summed E-state index contributed by atoms with van der Waals surface area (Å²) in [6, 6.07) is 6.99. The van der Waals surface area contributed by atoms with Crippen LogP contribution in [0.25, 0.3) is 0 Å². The minimum absolute atomic E-state index is 0.0551. The third-order valence-electron chi connectivity index (χ3n) is 2.80. The van der Waals surface area contributed by atoms with Gasteiger partial charge < -0.3 is 10.6 Å². The summed E-state index contributed by atoms with van der Waals surface area (Å²) in [6.07, 6.45) is 3.67. The van der Waals surface area contributed by atoms with Crippen LogP contribution in [0, 0.1) is 0 Å². The molecular formula is C15H22N2O2. The highest BCUT2D eigenvalue weighted by Gasteiger charge is 2.06. The van der Waals surface area contributed by atoms with Crippen molar-refractivity contribution in [2.45, 2.75) is 39.5 Å². The Morgan fingerprint density at radius 3 is 2.63 bits per heavy atom. The zero-order valence-corrected chi connectivity index (χ0v) is 11.7. The molecule has 0 aliphatic carbocycles. The Kier molecular flexibility index (Phi) is 6.64. The van der Waals surface area contributed by atoms with E-state index in [4.69, 9.17) is 0 Å². The molecule has 0 atom stereocenters. The molecule has 1 aromatic rings. The number of anilines is 1. The highest BCUT2D eigenvalue weighted by Crippen LogP contribution is 2.11. The van der Waals surface area contributed by atoms with E-state index in [1.54, 1.807) is 31.2 Å². The number of unbranched alkanes of at least 4 members (excludes halogenated alkanes) is 2. The SMILES string of the molecule is CCCCCNC(=O)c1cccc(NC(=O)CC)c1. The standard InChI is InChI=1S/C15H22N2O2/c1-3-5-6-10-16-15(19)12-8-7-9-13(11-12)17-14(18)4-2/h7-9,11H,3-6,10H2,1-2H3,(H,16,19)(H,17,18). The largest absolute Gasteiger partial charge is 0.352 e. The molecule has 2 amide bonds. The van der Waals surface area contributed by atoms with E-state index in [1.807, 2.05) is 0 Å². The maximum Gasteiger partial charge on any atom is 0.251 e. The van der Waals surface area contributed by atoms with Gasteiger partial charge in [0, 0.05) is 24.2 Å². The van der Waals surface area contributed by atoms with Gasteiger partial charge in [0.05, 0.1) is 0 Å². The maximum absolute atomic E-state index is 11.9. The zero-order valence-electron chi connectivity index (χ0n) is 11.7. The van der Waals surface area contributed by atoms with E-state index in [0.29, 0.717) is 24.2 Å². The molecule has 0 saturated heterocycles. The van der Waals surface area contributed by atoms with Crippen LogP contribution in [0.1, 0.15) is 49.9 Å². The van der Waals surface area contributed by atoms with E-state index < -0.39 is 0 Å². The van der Waals surface area contributed by atoms with Crippen molar-refractivity contribution in [3.63, 3.8) is 0 Å². The van der Waals surface area contributed by atoms with Crippen molar-refractivity contribution in [3.8, 4) is 0 Å². The van der Waals surface area contributed by atoms with Crippen molar-refractivity contribution in [1.29, 1.82) is 0 Å². The summed E-state index contributed by atoms with van der Waals surface area (Å²) in [4.78, 5) is 23.2. The predicted octanol–water partition coefficient (Wildman–Crippen LogP) is 2.96. The van der Waals surface area contributed by atoms with Crippen LogP contribution in [0.15, 0.2) is 24.3 Å². The first-order chi connectivity index (χ1) is 9.17. The number of hydrogen-bond donors (Lipinski definition) is 2. The minimum Gasteiger partial charge on any atom is -0.352 e. The number of nitrogens with one attached hydrogen (secondary N) is 2. The van der Waals surface area contributed by atoms with Gasteiger partial charge in [0.15, 0.2) is 0 Å². The van der Waals surface area contributed by atoms with Crippen LogP contribution in [0.2, 0.25) is 0 Å². The number of benzene rings is 1. The van der Waals surface area contributed by atoms with Gasteiger partial charge in [0.1, 0.15) is 0 Å². The summed E-state index contributed by atoms with van der Waals surface area (Å²) in [5.74, 6) is -0.149. The first-order valence-corrected chi connectivity index (χ1v) is 6.85. The Morgan fingerprint density at radius 1 is 1.16 bits per heavy atom. The molecule has 104 valence electrons. The van der Waals surface area contributed by atoms with Crippen molar-refractivity contribution < 1.29 is 9.59 Å². The Hall–Kier alpha value is -1.84. The second-order valence-electron chi connectivity index (χ2n) is 4.45. The molecule has 1 aromatic carbocycles. The summed E-state index contributed by atoms with van der Waals surface area (Å²) >= 11 is 0. The minimum atomic E-state index is -0.0938. The zero-order chi connectivity index (χ0) is 14.1. The molecular weight excluding hydrogens is 240 g/mol. The summed E-state index contributed by atoms with van der Waals surface area (Å²) in [6.45, 7) is 4.61. The van der Waals surface area contributed by atoms with Crippen LogP contribution >= 0.6 is 0 Å². The van der Waals surface area contributed by atoms with E-state index in [9.17, 15) is 9.59 Å². The average molecular weight is 262 g/mol. The molecule has 1 rings (SSSR count). The molecule has 0 saturated carbocycles. The lowest BCUT2D eigenvalue weighted by atomic mass is 10.1. The summed E-state index contributed by atoms with van der Waals surface area (Å²) in [5, 5.41) is 5.62. The molecule has 0 aliphatic heterocycles. The lowest BCUT2D eigenvalue weighted by Crippen LogP contribution is -2.24. The fourth-order valence-electron chi connectivity index (χ4n) is 1.67. The Labute approximate surface area is 114 Å². The Morgan fingerprint density at radius 2 is 1.95 bits per heavy atom. The van der Waals surface area contributed by atoms with Crippen molar-refractivity contribution >= 4 is 17.5 Å². The number of carbonyl (C=O) groups excluding carboxylic acids is 2. The van der Waals surface area contributed by atoms with E-state index >= 15 is 0 Å². The van der Waals surface area contributed by atoms with E-state index in [-0.39, 0.29) is 11.8 Å². The average Bonchev–Trinajstić information content (AvgIpc) is 2.43. The van der Waals surface area contributed by atoms with Gasteiger partial charge in [-0.05, 0) is 24.6 Å². The van der Waals surface area contributed by atoms with Crippen LogP contribution in [0.5, 0.6) is 0 Å². The number of hydrogen-bond acceptors (Lipinski definition) is 2. The van der Waals surface area contributed by atoms with Crippen LogP contribution in [0.3, 0.4) is 0 Å². The monoisotopic (exact) mass is 262 g/mol. The van der Waals surface area contributed by atoms with Gasteiger partial charge in [-0.15, -0.1) is 0 Å². The molecule has 0 aromatic heterocycles. The molecule has 19 heavy (non-hydrogen) atoms. The third kappa shape index (κ3) is 5.55. The molecule has 0 spiro atoms. The molecule has 0 aliphatic rings. The van der Waals surface area contributed by atoms with Crippen molar-refractivity contribution in [3.05, 3.63) is 29.8 Å². The fraction of sp³-hybridized carbons (Fsp3) is 0.467. The van der Waals surface area contributed by atoms with Gasteiger partial charge in [-0.2, -0.15) is 0 Å². The molecule has 4 nitrogen and oxygen atoms in total. The van der Waals surface area contributed by atoms with Gasteiger partial charge in [-0.3, -0.25) is 9.59 Å². The first kappa shape index (κ1) is 15.2. The fourth-order valence-corrected chi connectivity index (χ4v) is 1.67. The maximum atomic E-state index is 11.9. The lowest BCUT2D eigenvalue weighted by molar-refractivity contribution is -0.115. The van der Waals surface area contributed by atoms with Crippen LogP contribution in [0.4, 0.5) is 5.69 Å². The number of rotatable bonds is 7. The lowest BCUT2D eigenvalue weighted by Gasteiger charge is -2.07. The topological polar surface area (TPSA) is 58.2 Å². The number of carbonyl (C=O) groups is 2. The Balaban J connectivity index is 2.55. The first-order valence-electron chi connectivity index (χ1n) is 6.85. The van der Waals surface area contributed by atoms with Gasteiger partial charge >= 0.3 is 0 Å². The van der Waals surface area contributed by atoms with Crippen LogP contribution < -0.4 is 10.6 Å². The Bertz CT molecular complexity index is 430. The van der Waals surface area contributed by atoms with E-state index in [0.717, 1.165) is 19.3 Å². The van der Waals surface area contributed by atoms with Crippen molar-refractivity contribution in [2.24, 2.45) is 0 Å². The molecule has 0 unspecified atom stereocenters. The van der Waals surface area contributed by atoms with Crippen LogP contribution in [-0.2, 0) is 4.79 Å².